The quantitative estimate of drug-likeness (QED) is 0.791. The van der Waals surface area contributed by atoms with E-state index in [1.165, 1.54) is 11.3 Å². The summed E-state index contributed by atoms with van der Waals surface area (Å²) in [5, 5.41) is 2.81. The number of benzene rings is 1. The average molecular weight is 300 g/mol. The van der Waals surface area contributed by atoms with Crippen LogP contribution in [-0.4, -0.2) is 26.3 Å². The van der Waals surface area contributed by atoms with Crippen molar-refractivity contribution in [1.29, 1.82) is 0 Å². The number of methoxy groups -OCH3 is 3. The highest BCUT2D eigenvalue weighted by Crippen LogP contribution is 2.41. The predicted molar refractivity (Wildman–Crippen MR) is 76.8 cm³/mol. The van der Waals surface area contributed by atoms with Crippen LogP contribution in [0.4, 0.5) is 0 Å². The first kappa shape index (κ1) is 14.0. The second-order valence-corrected chi connectivity index (χ2v) is 4.82. The maximum Gasteiger partial charge on any atom is 0.203 e. The molecule has 0 aliphatic rings. The molecule has 6 heteroatoms. The first-order chi connectivity index (χ1) is 9.23. The number of rotatable bonds is 5. The molecule has 0 aliphatic carbocycles. The molecule has 0 saturated heterocycles. The minimum atomic E-state index is 0.404. The Morgan fingerprint density at radius 3 is 2.16 bits per heavy atom. The number of aromatic nitrogens is 1. The highest BCUT2D eigenvalue weighted by molar-refractivity contribution is 7.13. The van der Waals surface area contributed by atoms with Gasteiger partial charge in [-0.05, 0) is 12.1 Å². The number of ether oxygens (including phenoxy) is 3. The van der Waals surface area contributed by atoms with E-state index in [-0.39, 0.29) is 0 Å². The van der Waals surface area contributed by atoms with Crippen LogP contribution in [-0.2, 0) is 5.88 Å². The molecule has 0 radical (unpaired) electrons. The number of alkyl halides is 1. The van der Waals surface area contributed by atoms with Crippen LogP contribution in [0.15, 0.2) is 17.5 Å². The standard InChI is InChI=1S/C13H14ClNO3S/c1-16-10-4-8(5-11(17-2)12(10)18-3)13-15-9(6-14)7-19-13/h4-5,7H,6H2,1-3H3. The van der Waals surface area contributed by atoms with E-state index in [4.69, 9.17) is 25.8 Å². The minimum Gasteiger partial charge on any atom is -0.493 e. The molecule has 102 valence electrons. The number of nitrogens with zero attached hydrogens (tertiary/aromatic N) is 1. The zero-order valence-electron chi connectivity index (χ0n) is 10.9. The topological polar surface area (TPSA) is 40.6 Å². The lowest BCUT2D eigenvalue weighted by Crippen LogP contribution is -1.95. The van der Waals surface area contributed by atoms with Gasteiger partial charge in [0.15, 0.2) is 11.5 Å². The molecule has 4 nitrogen and oxygen atoms in total. The van der Waals surface area contributed by atoms with E-state index in [0.717, 1.165) is 16.3 Å². The average Bonchev–Trinajstić information content (AvgIpc) is 2.94. The van der Waals surface area contributed by atoms with Crippen molar-refractivity contribution in [3.8, 4) is 27.8 Å². The summed E-state index contributed by atoms with van der Waals surface area (Å²) < 4.78 is 15.9. The molecule has 0 atom stereocenters. The second-order valence-electron chi connectivity index (χ2n) is 3.69. The molecule has 2 aromatic rings. The summed E-state index contributed by atoms with van der Waals surface area (Å²) in [5.41, 5.74) is 1.77. The summed E-state index contributed by atoms with van der Waals surface area (Å²) in [6.07, 6.45) is 0. The first-order valence-electron chi connectivity index (χ1n) is 5.54. The van der Waals surface area contributed by atoms with Gasteiger partial charge >= 0.3 is 0 Å². The van der Waals surface area contributed by atoms with Gasteiger partial charge in [0.05, 0.1) is 32.9 Å². The Labute approximate surface area is 120 Å². The number of hydrogen-bond acceptors (Lipinski definition) is 5. The molecule has 1 aromatic carbocycles. The zero-order valence-corrected chi connectivity index (χ0v) is 12.5. The van der Waals surface area contributed by atoms with E-state index in [1.54, 1.807) is 21.3 Å². The van der Waals surface area contributed by atoms with Gasteiger partial charge in [0.25, 0.3) is 0 Å². The summed E-state index contributed by atoms with van der Waals surface area (Å²) in [5.74, 6) is 2.20. The Hall–Kier alpha value is -1.46. The van der Waals surface area contributed by atoms with Gasteiger partial charge in [0.1, 0.15) is 5.01 Å². The largest absolute Gasteiger partial charge is 0.493 e. The predicted octanol–water partition coefficient (Wildman–Crippen LogP) is 3.57. The Bertz CT molecular complexity index is 546. The Balaban J connectivity index is 2.51. The number of hydrogen-bond donors (Lipinski definition) is 0. The molecule has 1 aromatic heterocycles. The van der Waals surface area contributed by atoms with Crippen molar-refractivity contribution in [3.05, 3.63) is 23.2 Å². The lowest BCUT2D eigenvalue weighted by Gasteiger charge is -2.13. The molecule has 0 spiro atoms. The van der Waals surface area contributed by atoms with Crippen molar-refractivity contribution in [2.45, 2.75) is 5.88 Å². The summed E-state index contributed by atoms with van der Waals surface area (Å²) in [6.45, 7) is 0. The molecule has 0 amide bonds. The van der Waals surface area contributed by atoms with Gasteiger partial charge < -0.3 is 14.2 Å². The second kappa shape index (κ2) is 6.12. The summed E-state index contributed by atoms with van der Waals surface area (Å²) in [4.78, 5) is 4.44. The van der Waals surface area contributed by atoms with Gasteiger partial charge in [-0.3, -0.25) is 0 Å². The highest BCUT2D eigenvalue weighted by atomic mass is 35.5. The van der Waals surface area contributed by atoms with Gasteiger partial charge in [0, 0.05) is 10.9 Å². The molecule has 0 fully saturated rings. The van der Waals surface area contributed by atoms with Crippen LogP contribution in [0.3, 0.4) is 0 Å². The molecule has 1 heterocycles. The van der Waals surface area contributed by atoms with Crippen molar-refractivity contribution in [1.82, 2.24) is 4.98 Å². The van der Waals surface area contributed by atoms with Crippen LogP contribution in [0, 0.1) is 0 Å². The van der Waals surface area contributed by atoms with Gasteiger partial charge in [-0.15, -0.1) is 22.9 Å². The van der Waals surface area contributed by atoms with Gasteiger partial charge in [-0.1, -0.05) is 0 Å². The molecule has 2 rings (SSSR count). The van der Waals surface area contributed by atoms with Crippen LogP contribution in [0.1, 0.15) is 5.69 Å². The molecular weight excluding hydrogens is 286 g/mol. The van der Waals surface area contributed by atoms with E-state index in [2.05, 4.69) is 4.98 Å². The van der Waals surface area contributed by atoms with E-state index in [0.29, 0.717) is 23.1 Å². The maximum atomic E-state index is 5.77. The van der Waals surface area contributed by atoms with Crippen LogP contribution in [0.25, 0.3) is 10.6 Å². The van der Waals surface area contributed by atoms with E-state index in [1.807, 2.05) is 17.5 Å². The third-order valence-corrected chi connectivity index (χ3v) is 3.81. The molecule has 0 unspecified atom stereocenters. The van der Waals surface area contributed by atoms with Crippen molar-refractivity contribution in [2.75, 3.05) is 21.3 Å². The van der Waals surface area contributed by atoms with Crippen LogP contribution < -0.4 is 14.2 Å². The first-order valence-corrected chi connectivity index (χ1v) is 6.95. The summed E-state index contributed by atoms with van der Waals surface area (Å²) in [7, 11) is 4.76. The van der Waals surface area contributed by atoms with Gasteiger partial charge in [0.2, 0.25) is 5.75 Å². The fourth-order valence-electron chi connectivity index (χ4n) is 1.71. The van der Waals surface area contributed by atoms with Crippen molar-refractivity contribution in [2.24, 2.45) is 0 Å². The third-order valence-electron chi connectivity index (χ3n) is 2.60. The van der Waals surface area contributed by atoms with Gasteiger partial charge in [-0.25, -0.2) is 4.98 Å². The molecule has 0 N–H and O–H groups in total. The SMILES string of the molecule is COc1cc(-c2nc(CCl)cs2)cc(OC)c1OC. The van der Waals surface area contributed by atoms with Gasteiger partial charge in [-0.2, -0.15) is 0 Å². The Morgan fingerprint density at radius 2 is 1.74 bits per heavy atom. The van der Waals surface area contributed by atoms with Crippen LogP contribution in [0.2, 0.25) is 0 Å². The van der Waals surface area contributed by atoms with Crippen molar-refractivity contribution < 1.29 is 14.2 Å². The van der Waals surface area contributed by atoms with Crippen molar-refractivity contribution in [3.63, 3.8) is 0 Å². The number of halogens is 1. The smallest absolute Gasteiger partial charge is 0.203 e. The monoisotopic (exact) mass is 299 g/mol. The molecule has 0 bridgehead atoms. The molecule has 0 aliphatic heterocycles. The fourth-order valence-corrected chi connectivity index (χ4v) is 2.74. The van der Waals surface area contributed by atoms with Crippen LogP contribution in [0.5, 0.6) is 17.2 Å². The summed E-state index contributed by atoms with van der Waals surface area (Å²) in [6, 6.07) is 3.75. The zero-order chi connectivity index (χ0) is 13.8. The highest BCUT2D eigenvalue weighted by Gasteiger charge is 2.15. The maximum absolute atomic E-state index is 5.77. The fraction of sp³-hybridized carbons (Fsp3) is 0.308. The van der Waals surface area contributed by atoms with Crippen LogP contribution >= 0.6 is 22.9 Å². The Kier molecular flexibility index (Phi) is 4.50. The molecule has 0 saturated carbocycles. The minimum absolute atomic E-state index is 0.404. The number of thiazole rings is 1. The summed E-state index contributed by atoms with van der Waals surface area (Å²) >= 11 is 7.30. The lowest BCUT2D eigenvalue weighted by atomic mass is 10.2. The van der Waals surface area contributed by atoms with E-state index in [9.17, 15) is 0 Å². The lowest BCUT2D eigenvalue weighted by molar-refractivity contribution is 0.324. The van der Waals surface area contributed by atoms with E-state index < -0.39 is 0 Å². The molecular formula is C13H14ClNO3S. The third kappa shape index (κ3) is 2.77. The Morgan fingerprint density at radius 1 is 1.11 bits per heavy atom. The normalized spacial score (nSPS) is 10.3. The van der Waals surface area contributed by atoms with Crippen molar-refractivity contribution >= 4 is 22.9 Å². The van der Waals surface area contributed by atoms with E-state index >= 15 is 0 Å². The molecule has 19 heavy (non-hydrogen) atoms.